The quantitative estimate of drug-likeness (QED) is 0.569. The number of carbonyl (C=O) groups excluding carboxylic acids is 2. The first-order valence-electron chi connectivity index (χ1n) is 10.1. The van der Waals surface area contributed by atoms with Crippen LogP contribution in [-0.2, 0) is 9.59 Å². The van der Waals surface area contributed by atoms with Crippen LogP contribution in [-0.4, -0.2) is 55.4 Å². The molecule has 0 aliphatic rings. The first-order chi connectivity index (χ1) is 12.8. The molecule has 0 aromatic carbocycles. The van der Waals surface area contributed by atoms with Crippen LogP contribution in [0.2, 0.25) is 0 Å². The van der Waals surface area contributed by atoms with Crippen molar-refractivity contribution in [1.29, 1.82) is 0 Å². The summed E-state index contributed by atoms with van der Waals surface area (Å²) in [6.45, 7) is 9.81. The lowest BCUT2D eigenvalue weighted by atomic mass is 9.97. The molecule has 2 N–H and O–H groups in total. The Labute approximate surface area is 168 Å². The molecule has 27 heavy (non-hydrogen) atoms. The predicted octanol–water partition coefficient (Wildman–Crippen LogP) is 2.28. The van der Waals surface area contributed by atoms with E-state index in [1.165, 1.54) is 16.2 Å². The first-order valence-corrected chi connectivity index (χ1v) is 10.9. The summed E-state index contributed by atoms with van der Waals surface area (Å²) in [5.41, 5.74) is 0.933. The fraction of sp³-hybridized carbons (Fsp3) is 0.750. The Morgan fingerprint density at radius 1 is 1.22 bits per heavy atom. The third-order valence-corrected chi connectivity index (χ3v) is 5.76. The van der Waals surface area contributed by atoms with Crippen molar-refractivity contribution in [3.05, 3.63) is 10.6 Å². The smallest absolute Gasteiger partial charge is 0.245 e. The third-order valence-electron chi connectivity index (χ3n) is 4.77. The monoisotopic (exact) mass is 397 g/mol. The predicted molar refractivity (Wildman–Crippen MR) is 112 cm³/mol. The van der Waals surface area contributed by atoms with Crippen molar-refractivity contribution < 1.29 is 14.5 Å². The fourth-order valence-corrected chi connectivity index (χ4v) is 3.79. The van der Waals surface area contributed by atoms with Gasteiger partial charge in [0.1, 0.15) is 0 Å². The lowest BCUT2D eigenvalue weighted by Gasteiger charge is -2.26. The summed E-state index contributed by atoms with van der Waals surface area (Å²) >= 11 is 1.47. The van der Waals surface area contributed by atoms with Crippen molar-refractivity contribution in [3.8, 4) is 0 Å². The van der Waals surface area contributed by atoms with E-state index in [4.69, 9.17) is 0 Å². The van der Waals surface area contributed by atoms with Crippen LogP contribution in [0.5, 0.6) is 0 Å². The summed E-state index contributed by atoms with van der Waals surface area (Å²) in [5.74, 6) is -0.0465. The number of amides is 2. The second-order valence-corrected chi connectivity index (χ2v) is 8.73. The van der Waals surface area contributed by atoms with E-state index >= 15 is 0 Å². The summed E-state index contributed by atoms with van der Waals surface area (Å²) in [4.78, 5) is 34.1. The minimum atomic E-state index is -0.167. The standard InChI is InChI=1S/C20H36N4O2S/c1-7-9-11-17(8-2)19(26)24(13-10-12-23(5)6)14-18(25)22-20-21-15(3)16(4)27-20/h17H,7-14H2,1-6H3,(H,21,22,25)/p+1/t17-/m1/s1. The Morgan fingerprint density at radius 3 is 2.44 bits per heavy atom. The number of anilines is 1. The van der Waals surface area contributed by atoms with E-state index in [0.29, 0.717) is 11.7 Å². The number of nitrogens with zero attached hydrogens (tertiary/aromatic N) is 2. The highest BCUT2D eigenvalue weighted by Crippen LogP contribution is 2.21. The number of carbonyl (C=O) groups is 2. The van der Waals surface area contributed by atoms with E-state index in [9.17, 15) is 9.59 Å². The SMILES string of the molecule is CCCC[C@@H](CC)C(=O)N(CCC[NH+](C)C)CC(=O)Nc1nc(C)c(C)s1. The highest BCUT2D eigenvalue weighted by Gasteiger charge is 2.24. The number of aromatic nitrogens is 1. The van der Waals surface area contributed by atoms with Gasteiger partial charge in [-0.15, -0.1) is 11.3 Å². The van der Waals surface area contributed by atoms with E-state index in [0.717, 1.165) is 49.2 Å². The molecular weight excluding hydrogens is 360 g/mol. The summed E-state index contributed by atoms with van der Waals surface area (Å²) < 4.78 is 0. The zero-order chi connectivity index (χ0) is 20.4. The van der Waals surface area contributed by atoms with Crippen molar-refractivity contribution in [1.82, 2.24) is 9.88 Å². The molecule has 0 saturated heterocycles. The molecule has 0 saturated carbocycles. The molecule has 1 aromatic heterocycles. The van der Waals surface area contributed by atoms with Gasteiger partial charge in [-0.1, -0.05) is 26.7 Å². The van der Waals surface area contributed by atoms with Crippen molar-refractivity contribution in [3.63, 3.8) is 0 Å². The van der Waals surface area contributed by atoms with Crippen LogP contribution >= 0.6 is 11.3 Å². The van der Waals surface area contributed by atoms with Crippen molar-refractivity contribution in [2.24, 2.45) is 5.92 Å². The van der Waals surface area contributed by atoms with Gasteiger partial charge in [0.05, 0.1) is 32.9 Å². The second kappa shape index (κ2) is 12.1. The second-order valence-electron chi connectivity index (χ2n) is 7.53. The maximum Gasteiger partial charge on any atom is 0.245 e. The average Bonchev–Trinajstić information content (AvgIpc) is 2.91. The molecule has 1 atom stereocenters. The lowest BCUT2D eigenvalue weighted by molar-refractivity contribution is -0.858. The number of unbranched alkanes of at least 4 members (excludes halogenated alkanes) is 1. The number of rotatable bonds is 12. The fourth-order valence-electron chi connectivity index (χ4n) is 2.96. The van der Waals surface area contributed by atoms with Crippen molar-refractivity contribution in [2.75, 3.05) is 39.0 Å². The van der Waals surface area contributed by atoms with E-state index in [-0.39, 0.29) is 24.3 Å². The van der Waals surface area contributed by atoms with Crippen LogP contribution in [0.3, 0.4) is 0 Å². The molecule has 0 unspecified atom stereocenters. The van der Waals surface area contributed by atoms with Crippen LogP contribution in [0.1, 0.15) is 56.5 Å². The van der Waals surface area contributed by atoms with Crippen LogP contribution < -0.4 is 10.2 Å². The van der Waals surface area contributed by atoms with Gasteiger partial charge in [0.15, 0.2) is 5.13 Å². The van der Waals surface area contributed by atoms with Crippen LogP contribution in [0, 0.1) is 19.8 Å². The molecule has 0 bridgehead atoms. The minimum Gasteiger partial charge on any atom is -0.340 e. The van der Waals surface area contributed by atoms with Crippen molar-refractivity contribution >= 4 is 28.3 Å². The molecule has 1 heterocycles. The summed E-state index contributed by atoms with van der Waals surface area (Å²) in [7, 11) is 4.20. The zero-order valence-corrected chi connectivity index (χ0v) is 18.7. The van der Waals surface area contributed by atoms with Gasteiger partial charge < -0.3 is 15.1 Å². The van der Waals surface area contributed by atoms with Gasteiger partial charge in [-0.25, -0.2) is 4.98 Å². The molecular formula is C20H37N4O2S+. The number of thiazole rings is 1. The third kappa shape index (κ3) is 8.39. The molecule has 6 nitrogen and oxygen atoms in total. The van der Waals surface area contributed by atoms with Gasteiger partial charge in [-0.2, -0.15) is 0 Å². The molecule has 154 valence electrons. The molecule has 0 fully saturated rings. The average molecular weight is 398 g/mol. The Morgan fingerprint density at radius 2 is 1.93 bits per heavy atom. The largest absolute Gasteiger partial charge is 0.340 e. The number of quaternary nitrogens is 1. The highest BCUT2D eigenvalue weighted by molar-refractivity contribution is 7.15. The Kier molecular flexibility index (Phi) is 10.5. The molecule has 7 heteroatoms. The molecule has 2 amide bonds. The zero-order valence-electron chi connectivity index (χ0n) is 17.9. The molecule has 0 radical (unpaired) electrons. The summed E-state index contributed by atoms with van der Waals surface area (Å²) in [5, 5.41) is 3.47. The maximum absolute atomic E-state index is 13.0. The van der Waals surface area contributed by atoms with Gasteiger partial charge >= 0.3 is 0 Å². The van der Waals surface area contributed by atoms with Crippen LogP contribution in [0.25, 0.3) is 0 Å². The summed E-state index contributed by atoms with van der Waals surface area (Å²) in [6.07, 6.45) is 4.73. The van der Waals surface area contributed by atoms with Gasteiger partial charge in [-0.3, -0.25) is 9.59 Å². The molecule has 0 aliphatic carbocycles. The number of hydrogen-bond acceptors (Lipinski definition) is 4. The number of hydrogen-bond donors (Lipinski definition) is 2. The van der Waals surface area contributed by atoms with Crippen molar-refractivity contribution in [2.45, 2.75) is 59.8 Å². The minimum absolute atomic E-state index is 0.00815. The van der Waals surface area contributed by atoms with Gasteiger partial charge in [0, 0.05) is 23.8 Å². The normalized spacial score (nSPS) is 12.3. The molecule has 0 spiro atoms. The maximum atomic E-state index is 13.0. The first kappa shape index (κ1) is 23.6. The molecule has 1 rings (SSSR count). The van der Waals surface area contributed by atoms with E-state index in [1.807, 2.05) is 13.8 Å². The molecule has 0 aliphatic heterocycles. The molecule has 1 aromatic rings. The van der Waals surface area contributed by atoms with Gasteiger partial charge in [-0.05, 0) is 26.7 Å². The number of nitrogens with one attached hydrogen (secondary N) is 2. The van der Waals surface area contributed by atoms with Gasteiger partial charge in [0.2, 0.25) is 11.8 Å². The van der Waals surface area contributed by atoms with Gasteiger partial charge in [0.25, 0.3) is 0 Å². The topological polar surface area (TPSA) is 66.7 Å². The van der Waals surface area contributed by atoms with E-state index < -0.39 is 0 Å². The highest BCUT2D eigenvalue weighted by atomic mass is 32.1. The van der Waals surface area contributed by atoms with Crippen LogP contribution in [0.15, 0.2) is 0 Å². The lowest BCUT2D eigenvalue weighted by Crippen LogP contribution is -3.05. The Bertz CT molecular complexity index is 581. The van der Waals surface area contributed by atoms with E-state index in [1.54, 1.807) is 4.90 Å². The van der Waals surface area contributed by atoms with E-state index in [2.05, 4.69) is 38.2 Å². The Hall–Kier alpha value is -1.47. The number of aryl methyl sites for hydroxylation is 2. The summed E-state index contributed by atoms with van der Waals surface area (Å²) in [6, 6.07) is 0. The van der Waals surface area contributed by atoms with Crippen LogP contribution in [0.4, 0.5) is 5.13 Å². The Balaban J connectivity index is 2.76.